The lowest BCUT2D eigenvalue weighted by Crippen LogP contribution is -2.46. The summed E-state index contributed by atoms with van der Waals surface area (Å²) in [6.45, 7) is 5.17. The number of hydrogen-bond donors (Lipinski definition) is 5. The number of rotatable bonds is 11. The van der Waals surface area contributed by atoms with Crippen molar-refractivity contribution in [1.29, 1.82) is 0 Å². The molecule has 11 heteroatoms. The van der Waals surface area contributed by atoms with Gasteiger partial charge in [0, 0.05) is 6.54 Å². The number of anilines is 2. The Morgan fingerprint density at radius 1 is 1.00 bits per heavy atom. The smallest absolute Gasteiger partial charge is 0.407 e. The third-order valence-electron chi connectivity index (χ3n) is 4.48. The molecule has 0 spiro atoms. The van der Waals surface area contributed by atoms with Crippen LogP contribution < -0.4 is 26.8 Å². The van der Waals surface area contributed by atoms with Gasteiger partial charge >= 0.3 is 18.0 Å². The van der Waals surface area contributed by atoms with Crippen molar-refractivity contribution in [1.82, 2.24) is 5.32 Å². The summed E-state index contributed by atoms with van der Waals surface area (Å²) in [6.07, 6.45) is -1.08. The maximum Gasteiger partial charge on any atom is 0.407 e. The molecule has 2 rings (SSSR count). The van der Waals surface area contributed by atoms with Crippen LogP contribution in [0.3, 0.4) is 0 Å². The minimum absolute atomic E-state index is 0.0182. The summed E-state index contributed by atoms with van der Waals surface area (Å²) in [6, 6.07) is 7.09. The number of amides is 1. The highest BCUT2D eigenvalue weighted by Gasteiger charge is 2.29. The van der Waals surface area contributed by atoms with Gasteiger partial charge in [-0.1, -0.05) is 30.3 Å². The van der Waals surface area contributed by atoms with Crippen LogP contribution in [0.2, 0.25) is 0 Å². The van der Waals surface area contributed by atoms with Gasteiger partial charge in [-0.15, -0.1) is 0 Å². The van der Waals surface area contributed by atoms with Crippen molar-refractivity contribution in [3.8, 4) is 0 Å². The minimum Gasteiger partial charge on any atom is -0.481 e. The van der Waals surface area contributed by atoms with E-state index in [0.29, 0.717) is 6.42 Å². The Morgan fingerprint density at radius 2 is 1.61 bits per heavy atom. The Hall–Kier alpha value is -3.89. The van der Waals surface area contributed by atoms with E-state index in [0.717, 1.165) is 5.56 Å². The number of ether oxygens (including phenoxy) is 1. The molecular weight excluding hydrogens is 434 g/mol. The molecule has 0 aliphatic rings. The number of carboxylic acid groups (broad SMARTS) is 2. The largest absolute Gasteiger partial charge is 0.481 e. The van der Waals surface area contributed by atoms with Crippen LogP contribution >= 0.6 is 0 Å². The van der Waals surface area contributed by atoms with Gasteiger partial charge in [-0.2, -0.15) is 0 Å². The molecule has 0 unspecified atom stereocenters. The van der Waals surface area contributed by atoms with E-state index in [9.17, 15) is 29.1 Å². The lowest BCUT2D eigenvalue weighted by Gasteiger charge is -2.25. The van der Waals surface area contributed by atoms with Gasteiger partial charge in [-0.3, -0.25) is 14.4 Å². The molecule has 0 fully saturated rings. The maximum absolute atomic E-state index is 12.3. The van der Waals surface area contributed by atoms with Crippen LogP contribution in [0, 0.1) is 0 Å². The molecule has 1 amide bonds. The first kappa shape index (κ1) is 25.4. The molecule has 178 valence electrons. The predicted octanol–water partition coefficient (Wildman–Crippen LogP) is 1.17. The van der Waals surface area contributed by atoms with Crippen LogP contribution in [-0.2, 0) is 20.7 Å². The van der Waals surface area contributed by atoms with Gasteiger partial charge < -0.3 is 30.9 Å². The molecule has 2 aromatic carbocycles. The molecule has 33 heavy (non-hydrogen) atoms. The third-order valence-corrected chi connectivity index (χ3v) is 4.48. The number of carbonyl (C=O) groups is 3. The van der Waals surface area contributed by atoms with Crippen molar-refractivity contribution in [2.45, 2.75) is 51.3 Å². The highest BCUT2D eigenvalue weighted by Crippen LogP contribution is 2.17. The Labute approximate surface area is 189 Å². The Bertz CT molecular complexity index is 1070. The Morgan fingerprint density at radius 3 is 2.15 bits per heavy atom. The second-order valence-electron chi connectivity index (χ2n) is 8.46. The first-order chi connectivity index (χ1) is 15.4. The van der Waals surface area contributed by atoms with E-state index in [1.54, 1.807) is 20.8 Å². The van der Waals surface area contributed by atoms with E-state index in [-0.39, 0.29) is 17.9 Å². The van der Waals surface area contributed by atoms with Crippen LogP contribution in [0.1, 0.15) is 32.8 Å². The molecule has 0 aromatic heterocycles. The van der Waals surface area contributed by atoms with Crippen molar-refractivity contribution in [2.24, 2.45) is 0 Å². The second kappa shape index (κ2) is 10.6. The first-order valence-corrected chi connectivity index (χ1v) is 10.2. The molecule has 11 nitrogen and oxygen atoms in total. The molecule has 0 heterocycles. The number of aliphatic carboxylic acids is 2. The summed E-state index contributed by atoms with van der Waals surface area (Å²) in [4.78, 5) is 58.4. The highest BCUT2D eigenvalue weighted by molar-refractivity contribution is 5.86. The molecule has 2 aromatic rings. The topological polar surface area (TPSA) is 171 Å². The van der Waals surface area contributed by atoms with Gasteiger partial charge in [0.2, 0.25) is 0 Å². The fourth-order valence-corrected chi connectivity index (χ4v) is 3.02. The maximum atomic E-state index is 12.3. The van der Waals surface area contributed by atoms with E-state index >= 15 is 0 Å². The standard InChI is InChI=1S/C22H27N3O8/c1-22(2,3)33-21(32)24-13(9-12-7-5-4-6-8-12)11-23-16-17(19(29)18(16)28)25-14(20(30)31)10-15(26)27/h4-8,13-14,23,25H,9-11H2,1-3H3,(H,24,32)(H,26,27)(H,30,31)/t13-,14-/m0/s1. The van der Waals surface area contributed by atoms with E-state index < -0.39 is 53.0 Å². The highest BCUT2D eigenvalue weighted by atomic mass is 16.6. The molecule has 0 radical (unpaired) electrons. The number of carbonyl (C=O) groups excluding carboxylic acids is 1. The summed E-state index contributed by atoms with van der Waals surface area (Å²) in [7, 11) is 0. The van der Waals surface area contributed by atoms with Gasteiger partial charge in [-0.25, -0.2) is 9.59 Å². The van der Waals surface area contributed by atoms with Gasteiger partial charge in [0.25, 0.3) is 10.9 Å². The third kappa shape index (κ3) is 7.63. The quantitative estimate of drug-likeness (QED) is 0.306. The molecule has 0 saturated carbocycles. The van der Waals surface area contributed by atoms with Crippen LogP contribution in [0.4, 0.5) is 16.2 Å². The molecule has 0 aliphatic carbocycles. The van der Waals surface area contributed by atoms with Crippen molar-refractivity contribution >= 4 is 29.4 Å². The Kier molecular flexibility index (Phi) is 8.16. The van der Waals surface area contributed by atoms with Crippen molar-refractivity contribution < 1.29 is 29.3 Å². The predicted molar refractivity (Wildman–Crippen MR) is 120 cm³/mol. The summed E-state index contributed by atoms with van der Waals surface area (Å²) in [5, 5.41) is 25.8. The van der Waals surface area contributed by atoms with Crippen LogP contribution in [0.25, 0.3) is 0 Å². The number of hydrogen-bond acceptors (Lipinski definition) is 8. The van der Waals surface area contributed by atoms with E-state index in [1.165, 1.54) is 0 Å². The number of carboxylic acids is 2. The van der Waals surface area contributed by atoms with Gasteiger partial charge in [-0.05, 0) is 32.8 Å². The van der Waals surface area contributed by atoms with E-state index in [2.05, 4.69) is 16.0 Å². The van der Waals surface area contributed by atoms with Gasteiger partial charge in [0.15, 0.2) is 0 Å². The number of alkyl carbamates (subject to hydrolysis) is 1. The lowest BCUT2D eigenvalue weighted by atomic mass is 10.1. The minimum atomic E-state index is -1.59. The second-order valence-corrected chi connectivity index (χ2v) is 8.46. The normalized spacial score (nSPS) is 13.1. The lowest BCUT2D eigenvalue weighted by molar-refractivity contribution is -0.144. The zero-order chi connectivity index (χ0) is 24.8. The monoisotopic (exact) mass is 461 g/mol. The van der Waals surface area contributed by atoms with Crippen molar-refractivity contribution in [3.63, 3.8) is 0 Å². The fourth-order valence-electron chi connectivity index (χ4n) is 3.02. The summed E-state index contributed by atoms with van der Waals surface area (Å²) in [5.74, 6) is -2.86. The van der Waals surface area contributed by atoms with Crippen LogP contribution in [0.5, 0.6) is 0 Å². The molecule has 0 saturated heterocycles. The van der Waals surface area contributed by atoms with Crippen LogP contribution in [0.15, 0.2) is 39.9 Å². The summed E-state index contributed by atoms with van der Waals surface area (Å²) in [5.41, 5.74) is -2.11. The van der Waals surface area contributed by atoms with Crippen molar-refractivity contribution in [3.05, 3.63) is 56.3 Å². The first-order valence-electron chi connectivity index (χ1n) is 10.2. The average Bonchev–Trinajstić information content (AvgIpc) is 2.70. The average molecular weight is 461 g/mol. The molecule has 2 atom stereocenters. The molecular formula is C22H27N3O8. The molecule has 5 N–H and O–H groups in total. The molecule has 0 bridgehead atoms. The SMILES string of the molecule is CC(C)(C)OC(=O)N[C@H](CNc1c(N[C@@H](CC(=O)O)C(=O)O)c(=O)c1=O)Cc1ccccc1. The van der Waals surface area contributed by atoms with E-state index in [4.69, 9.17) is 9.84 Å². The number of nitrogens with one attached hydrogen (secondary N) is 3. The summed E-state index contributed by atoms with van der Waals surface area (Å²) >= 11 is 0. The van der Waals surface area contributed by atoms with Crippen LogP contribution in [-0.4, -0.2) is 52.5 Å². The molecule has 0 aliphatic heterocycles. The van der Waals surface area contributed by atoms with Gasteiger partial charge in [0.05, 0.1) is 12.5 Å². The van der Waals surface area contributed by atoms with Gasteiger partial charge in [0.1, 0.15) is 23.0 Å². The number of benzene rings is 1. The summed E-state index contributed by atoms with van der Waals surface area (Å²) < 4.78 is 5.28. The zero-order valence-corrected chi connectivity index (χ0v) is 18.5. The zero-order valence-electron chi connectivity index (χ0n) is 18.5. The Balaban J connectivity index is 2.16. The fraction of sp³-hybridized carbons (Fsp3) is 0.409. The van der Waals surface area contributed by atoms with E-state index in [1.807, 2.05) is 30.3 Å². The van der Waals surface area contributed by atoms with Crippen molar-refractivity contribution in [2.75, 3.05) is 17.2 Å².